The summed E-state index contributed by atoms with van der Waals surface area (Å²) in [5.74, 6) is 2.28. The average Bonchev–Trinajstić information content (AvgIpc) is 3.49. The van der Waals surface area contributed by atoms with Crippen LogP contribution in [0.4, 0.5) is 0 Å². The highest BCUT2D eigenvalue weighted by Crippen LogP contribution is 2.56. The Balaban J connectivity index is 1.10. The van der Waals surface area contributed by atoms with Gasteiger partial charge in [-0.1, -0.05) is 90.6 Å². The molecule has 234 valence electrons. The van der Waals surface area contributed by atoms with Crippen LogP contribution in [0.3, 0.4) is 0 Å². The lowest BCUT2D eigenvalue weighted by atomic mass is 9.57. The Morgan fingerprint density at radius 3 is 2.68 bits per heavy atom. The molecule has 0 aliphatic heterocycles. The molecule has 2 aromatic rings. The van der Waals surface area contributed by atoms with E-state index in [0.29, 0.717) is 29.6 Å². The first kappa shape index (κ1) is 28.0. The van der Waals surface area contributed by atoms with Crippen molar-refractivity contribution in [2.45, 2.75) is 70.6 Å². The fourth-order valence-corrected chi connectivity index (χ4v) is 10.5. The van der Waals surface area contributed by atoms with Crippen LogP contribution in [0.15, 0.2) is 128 Å². The molecular formula is C46H44O. The zero-order valence-electron chi connectivity index (χ0n) is 27.4. The number of rotatable bonds is 3. The predicted molar refractivity (Wildman–Crippen MR) is 196 cm³/mol. The van der Waals surface area contributed by atoms with Gasteiger partial charge in [-0.2, -0.15) is 0 Å². The second kappa shape index (κ2) is 11.3. The second-order valence-electron chi connectivity index (χ2n) is 15.0. The number of hydrogen-bond acceptors (Lipinski definition) is 1. The number of furan rings is 1. The molecule has 8 aliphatic carbocycles. The van der Waals surface area contributed by atoms with E-state index in [1.54, 1.807) is 39.0 Å². The summed E-state index contributed by atoms with van der Waals surface area (Å²) in [5, 5.41) is 2.63. The van der Waals surface area contributed by atoms with Gasteiger partial charge in [0, 0.05) is 28.4 Å². The zero-order valence-corrected chi connectivity index (χ0v) is 27.4. The Labute approximate surface area is 278 Å². The fraction of sp³-hybridized carbons (Fsp3) is 0.348. The molecule has 1 aromatic carbocycles. The van der Waals surface area contributed by atoms with E-state index in [1.165, 1.54) is 66.7 Å². The molecule has 10 rings (SSSR count). The minimum absolute atomic E-state index is 0.396. The summed E-state index contributed by atoms with van der Waals surface area (Å²) < 4.78 is 6.51. The third-order valence-electron chi connectivity index (χ3n) is 12.5. The molecule has 0 N–H and O–H groups in total. The maximum absolute atomic E-state index is 6.51. The molecule has 1 aromatic heterocycles. The van der Waals surface area contributed by atoms with E-state index < -0.39 is 0 Å². The lowest BCUT2D eigenvalue weighted by molar-refractivity contribution is 0.354. The Bertz CT molecular complexity index is 2140. The number of allylic oxidation sites excluding steroid dienone is 19. The van der Waals surface area contributed by atoms with Crippen LogP contribution in [0.2, 0.25) is 0 Å². The van der Waals surface area contributed by atoms with E-state index in [9.17, 15) is 0 Å². The van der Waals surface area contributed by atoms with Crippen LogP contribution in [0.25, 0.3) is 29.2 Å². The van der Waals surface area contributed by atoms with Gasteiger partial charge in [0.25, 0.3) is 0 Å². The summed E-state index contributed by atoms with van der Waals surface area (Å²) in [4.78, 5) is 0. The second-order valence-corrected chi connectivity index (χ2v) is 15.0. The molecule has 1 heteroatoms. The van der Waals surface area contributed by atoms with Crippen molar-refractivity contribution in [2.24, 2.45) is 29.6 Å². The number of aryl methyl sites for hydroxylation is 1. The summed E-state index contributed by atoms with van der Waals surface area (Å²) >= 11 is 0. The maximum Gasteiger partial charge on any atom is 0.136 e. The van der Waals surface area contributed by atoms with E-state index in [2.05, 4.69) is 103 Å². The van der Waals surface area contributed by atoms with Gasteiger partial charge in [-0.3, -0.25) is 0 Å². The standard InChI is InChI=1S/C46H44O/c1-2-14-31-28-44-42(26-30(31)13-1)41-27-32(24-25-43(41)47-44)45-37-19-7-9-21-39(37)46(40-22-10-8-20-38(40)45)36-18-6-5-17-35(36)34-23-11-15-29-12-3-4-16-33(29)34/h2-3,7-10,12,14,18-21,23,25-28,32,35,37,40,45H,1,4-6,11,13,15-17,22,24H2. The lowest BCUT2D eigenvalue weighted by Crippen LogP contribution is -2.38. The van der Waals surface area contributed by atoms with Crippen molar-refractivity contribution in [3.63, 3.8) is 0 Å². The van der Waals surface area contributed by atoms with Crippen LogP contribution < -0.4 is 10.6 Å². The molecule has 5 unspecified atom stereocenters. The largest absolute Gasteiger partial charge is 0.456 e. The average molecular weight is 613 g/mol. The molecule has 0 spiro atoms. The first-order valence-corrected chi connectivity index (χ1v) is 18.5. The molecule has 8 aliphatic rings. The highest BCUT2D eigenvalue weighted by atomic mass is 16.3. The molecule has 0 bridgehead atoms. The fourth-order valence-electron chi connectivity index (χ4n) is 10.5. The molecule has 1 heterocycles. The van der Waals surface area contributed by atoms with Crippen LogP contribution in [-0.2, 0) is 6.42 Å². The molecule has 1 nitrogen and oxygen atoms in total. The SMILES string of the molecule is C1=CCC2C(=C1)C(C1C=c3c(oc4cc5c(cc34)CCC=C5)=CC1)C1C=CC=CC1=C2C1=CCCCC1C1=CCCC2=C1CCC=C2. The van der Waals surface area contributed by atoms with Gasteiger partial charge in [-0.05, 0) is 145 Å². The Morgan fingerprint density at radius 1 is 0.745 bits per heavy atom. The maximum atomic E-state index is 6.51. The van der Waals surface area contributed by atoms with Crippen molar-refractivity contribution in [1.82, 2.24) is 0 Å². The minimum Gasteiger partial charge on any atom is -0.456 e. The molecule has 0 saturated heterocycles. The smallest absolute Gasteiger partial charge is 0.136 e. The Morgan fingerprint density at radius 2 is 1.68 bits per heavy atom. The van der Waals surface area contributed by atoms with Crippen LogP contribution in [0.1, 0.15) is 75.3 Å². The van der Waals surface area contributed by atoms with Gasteiger partial charge >= 0.3 is 0 Å². The first-order valence-electron chi connectivity index (χ1n) is 18.5. The third kappa shape index (κ3) is 4.49. The predicted octanol–water partition coefficient (Wildman–Crippen LogP) is 10.2. The van der Waals surface area contributed by atoms with Crippen LogP contribution in [0.5, 0.6) is 0 Å². The van der Waals surface area contributed by atoms with Crippen molar-refractivity contribution < 1.29 is 4.42 Å². The molecule has 47 heavy (non-hydrogen) atoms. The van der Waals surface area contributed by atoms with Gasteiger partial charge in [-0.15, -0.1) is 0 Å². The van der Waals surface area contributed by atoms with Gasteiger partial charge in [0.05, 0.1) is 0 Å². The number of hydrogen-bond donors (Lipinski definition) is 0. The van der Waals surface area contributed by atoms with Crippen LogP contribution in [0, 0.1) is 29.6 Å². The van der Waals surface area contributed by atoms with Gasteiger partial charge in [0.2, 0.25) is 0 Å². The molecule has 5 atom stereocenters. The van der Waals surface area contributed by atoms with E-state index >= 15 is 0 Å². The van der Waals surface area contributed by atoms with E-state index in [4.69, 9.17) is 4.42 Å². The van der Waals surface area contributed by atoms with E-state index in [0.717, 1.165) is 36.7 Å². The first-order chi connectivity index (χ1) is 23.3. The quantitative estimate of drug-likeness (QED) is 0.336. The minimum atomic E-state index is 0.396. The van der Waals surface area contributed by atoms with E-state index in [1.807, 2.05) is 0 Å². The molecule has 0 radical (unpaired) electrons. The molecule has 0 fully saturated rings. The zero-order chi connectivity index (χ0) is 30.9. The molecular weight excluding hydrogens is 569 g/mol. The van der Waals surface area contributed by atoms with Gasteiger partial charge in [0.1, 0.15) is 11.0 Å². The van der Waals surface area contributed by atoms with Crippen molar-refractivity contribution in [1.29, 1.82) is 0 Å². The summed E-state index contributed by atoms with van der Waals surface area (Å²) in [5.41, 5.74) is 16.5. The van der Waals surface area contributed by atoms with Gasteiger partial charge in [0.15, 0.2) is 0 Å². The summed E-state index contributed by atoms with van der Waals surface area (Å²) in [6.45, 7) is 0. The van der Waals surface area contributed by atoms with Crippen LogP contribution >= 0.6 is 0 Å². The summed E-state index contributed by atoms with van der Waals surface area (Å²) in [7, 11) is 0. The third-order valence-corrected chi connectivity index (χ3v) is 12.5. The summed E-state index contributed by atoms with van der Waals surface area (Å²) in [6.07, 6.45) is 49.7. The van der Waals surface area contributed by atoms with Crippen molar-refractivity contribution in [3.05, 3.63) is 146 Å². The highest BCUT2D eigenvalue weighted by Gasteiger charge is 2.44. The van der Waals surface area contributed by atoms with Crippen molar-refractivity contribution in [2.75, 3.05) is 0 Å². The van der Waals surface area contributed by atoms with Crippen molar-refractivity contribution >= 4 is 29.2 Å². The molecule has 0 saturated carbocycles. The topological polar surface area (TPSA) is 13.1 Å². The van der Waals surface area contributed by atoms with Gasteiger partial charge in [-0.25, -0.2) is 0 Å². The normalized spacial score (nSPS) is 30.4. The lowest BCUT2D eigenvalue weighted by Gasteiger charge is -2.47. The highest BCUT2D eigenvalue weighted by molar-refractivity contribution is 5.84. The molecule has 0 amide bonds. The number of fused-ring (bicyclic) bond motifs is 6. The number of benzene rings is 1. The van der Waals surface area contributed by atoms with Crippen LogP contribution in [-0.4, -0.2) is 0 Å². The monoisotopic (exact) mass is 612 g/mol. The Hall–Kier alpha value is -4.10. The van der Waals surface area contributed by atoms with Crippen molar-refractivity contribution in [3.8, 4) is 0 Å². The summed E-state index contributed by atoms with van der Waals surface area (Å²) in [6, 6.07) is 4.71. The van der Waals surface area contributed by atoms with Gasteiger partial charge < -0.3 is 4.42 Å². The Kier molecular flexibility index (Phi) is 6.70. The van der Waals surface area contributed by atoms with E-state index in [-0.39, 0.29) is 0 Å².